The van der Waals surface area contributed by atoms with Crippen LogP contribution in [-0.4, -0.2) is 22.1 Å². The number of carbonyl (C=O) groups excluding carboxylic acids is 1. The van der Waals surface area contributed by atoms with E-state index in [0.717, 1.165) is 6.07 Å². The maximum Gasteiger partial charge on any atom is 0.319 e. The van der Waals surface area contributed by atoms with Gasteiger partial charge >= 0.3 is 6.03 Å². The Bertz CT molecular complexity index is 1110. The van der Waals surface area contributed by atoms with Crippen LogP contribution in [0.2, 0.25) is 5.02 Å². The minimum atomic E-state index is -0.657. The molecular formula is C19H19ClFN5O2. The van der Waals surface area contributed by atoms with E-state index in [-0.39, 0.29) is 27.8 Å². The summed E-state index contributed by atoms with van der Waals surface area (Å²) in [6.07, 6.45) is 0. The topological polar surface area (TPSA) is 102 Å². The molecule has 0 spiro atoms. The Balaban J connectivity index is 2.24. The molecule has 28 heavy (non-hydrogen) atoms. The Hall–Kier alpha value is -2.97. The normalized spacial score (nSPS) is 12.0. The molecule has 0 aliphatic rings. The molecule has 2 amide bonds. The Morgan fingerprint density at radius 3 is 2.79 bits per heavy atom. The molecule has 3 aromatic rings. The van der Waals surface area contributed by atoms with Gasteiger partial charge in [-0.25, -0.2) is 14.2 Å². The van der Waals surface area contributed by atoms with Crippen LogP contribution in [0, 0.1) is 5.82 Å². The van der Waals surface area contributed by atoms with Gasteiger partial charge in [0.05, 0.1) is 22.1 Å². The summed E-state index contributed by atoms with van der Waals surface area (Å²) in [6.45, 7) is 3.91. The Morgan fingerprint density at radius 1 is 1.36 bits per heavy atom. The molecule has 0 saturated heterocycles. The molecule has 4 N–H and O–H groups in total. The van der Waals surface area contributed by atoms with Crippen LogP contribution >= 0.6 is 11.6 Å². The van der Waals surface area contributed by atoms with Crippen LogP contribution in [0.15, 0.2) is 41.2 Å². The summed E-state index contributed by atoms with van der Waals surface area (Å²) in [7, 11) is 0. The summed E-state index contributed by atoms with van der Waals surface area (Å²) in [5, 5.41) is 5.36. The third-order valence-corrected chi connectivity index (χ3v) is 4.37. The Morgan fingerprint density at radius 2 is 2.11 bits per heavy atom. The average Bonchev–Trinajstić information content (AvgIpc) is 2.64. The number of carbonyl (C=O) groups is 1. The first-order valence-corrected chi connectivity index (χ1v) is 9.02. The minimum absolute atomic E-state index is 0.0341. The maximum absolute atomic E-state index is 14.2. The van der Waals surface area contributed by atoms with Gasteiger partial charge in [-0.15, -0.1) is 0 Å². The number of nitrogens with one attached hydrogen (secondary N) is 2. The van der Waals surface area contributed by atoms with Crippen LogP contribution in [-0.2, 0) is 0 Å². The molecule has 1 heterocycles. The number of anilines is 1. The monoisotopic (exact) mass is 403 g/mol. The molecule has 7 nitrogen and oxygen atoms in total. The van der Waals surface area contributed by atoms with Crippen LogP contribution < -0.4 is 21.9 Å². The molecule has 146 valence electrons. The van der Waals surface area contributed by atoms with Gasteiger partial charge in [0.1, 0.15) is 17.2 Å². The molecule has 0 saturated carbocycles. The summed E-state index contributed by atoms with van der Waals surface area (Å²) in [4.78, 5) is 29.2. The second kappa shape index (κ2) is 7.95. The summed E-state index contributed by atoms with van der Waals surface area (Å²) in [5.74, 6) is -0.481. The van der Waals surface area contributed by atoms with Crippen LogP contribution in [0.25, 0.3) is 16.6 Å². The van der Waals surface area contributed by atoms with Crippen molar-refractivity contribution >= 4 is 34.2 Å². The fourth-order valence-electron chi connectivity index (χ4n) is 2.85. The molecule has 9 heteroatoms. The average molecular weight is 404 g/mol. The molecule has 1 atom stereocenters. The van der Waals surface area contributed by atoms with Crippen LogP contribution in [0.4, 0.5) is 14.9 Å². The van der Waals surface area contributed by atoms with Gasteiger partial charge in [-0.1, -0.05) is 17.7 Å². The zero-order chi connectivity index (χ0) is 20.4. The number of halogens is 2. The van der Waals surface area contributed by atoms with Crippen molar-refractivity contribution in [2.45, 2.75) is 19.9 Å². The van der Waals surface area contributed by atoms with Crippen molar-refractivity contribution in [3.63, 3.8) is 0 Å². The summed E-state index contributed by atoms with van der Waals surface area (Å²) < 4.78 is 15.5. The smallest absolute Gasteiger partial charge is 0.319 e. The van der Waals surface area contributed by atoms with E-state index in [1.165, 1.54) is 10.6 Å². The first kappa shape index (κ1) is 19.8. The number of hydrogen-bond acceptors (Lipinski definition) is 4. The van der Waals surface area contributed by atoms with E-state index in [4.69, 9.17) is 17.3 Å². The van der Waals surface area contributed by atoms with E-state index in [0.29, 0.717) is 17.9 Å². The third-order valence-electron chi connectivity index (χ3n) is 4.06. The van der Waals surface area contributed by atoms with Gasteiger partial charge in [-0.2, -0.15) is 0 Å². The number of urea groups is 1. The lowest BCUT2D eigenvalue weighted by Gasteiger charge is -2.17. The van der Waals surface area contributed by atoms with Crippen molar-refractivity contribution in [2.75, 3.05) is 11.9 Å². The highest BCUT2D eigenvalue weighted by Crippen LogP contribution is 2.25. The van der Waals surface area contributed by atoms with Gasteiger partial charge in [-0.05, 0) is 44.2 Å². The quantitative estimate of drug-likeness (QED) is 0.621. The van der Waals surface area contributed by atoms with E-state index in [1.54, 1.807) is 38.1 Å². The van der Waals surface area contributed by atoms with Gasteiger partial charge in [0.2, 0.25) is 0 Å². The molecule has 0 unspecified atom stereocenters. The molecule has 0 radical (unpaired) electrons. The summed E-state index contributed by atoms with van der Waals surface area (Å²) in [6, 6.07) is 8.05. The number of nitrogens with zero attached hydrogens (tertiary/aromatic N) is 2. The molecule has 0 aliphatic carbocycles. The van der Waals surface area contributed by atoms with Crippen molar-refractivity contribution in [3.8, 4) is 5.69 Å². The highest BCUT2D eigenvalue weighted by molar-refractivity contribution is 6.35. The third kappa shape index (κ3) is 3.69. The van der Waals surface area contributed by atoms with E-state index < -0.39 is 17.4 Å². The standard InChI is InChI=1S/C19H19ClFN5O2/c1-3-23-19(28)24-11-5-4-6-12(9-11)26-17(10(2)22)25-16-14(21)8-7-13(20)15(16)18(26)27/h4-10H,3,22H2,1-2H3,(H2,23,24,28)/t10-/m0/s1. The number of nitrogens with two attached hydrogens (primary N) is 1. The van der Waals surface area contributed by atoms with E-state index in [1.807, 2.05) is 0 Å². The molecule has 3 rings (SSSR count). The van der Waals surface area contributed by atoms with Crippen molar-refractivity contribution in [1.29, 1.82) is 0 Å². The van der Waals surface area contributed by atoms with Gasteiger partial charge < -0.3 is 16.4 Å². The van der Waals surface area contributed by atoms with Crippen LogP contribution in [0.5, 0.6) is 0 Å². The number of amides is 2. The van der Waals surface area contributed by atoms with Gasteiger partial charge in [-0.3, -0.25) is 9.36 Å². The zero-order valence-electron chi connectivity index (χ0n) is 15.3. The van der Waals surface area contributed by atoms with E-state index in [9.17, 15) is 14.0 Å². The second-order valence-corrected chi connectivity index (χ2v) is 6.59. The van der Waals surface area contributed by atoms with E-state index in [2.05, 4.69) is 15.6 Å². The lowest BCUT2D eigenvalue weighted by atomic mass is 10.2. The summed E-state index contributed by atoms with van der Waals surface area (Å²) in [5.41, 5.74) is 6.22. The van der Waals surface area contributed by atoms with Gasteiger partial charge in [0.25, 0.3) is 5.56 Å². The summed E-state index contributed by atoms with van der Waals surface area (Å²) >= 11 is 6.14. The first-order valence-electron chi connectivity index (χ1n) is 8.65. The van der Waals surface area contributed by atoms with Crippen molar-refractivity contribution < 1.29 is 9.18 Å². The number of aromatic nitrogens is 2. The van der Waals surface area contributed by atoms with Crippen molar-refractivity contribution in [2.24, 2.45) is 5.73 Å². The van der Waals surface area contributed by atoms with Gasteiger partial charge in [0.15, 0.2) is 0 Å². The van der Waals surface area contributed by atoms with Crippen molar-refractivity contribution in [3.05, 3.63) is 63.4 Å². The fourth-order valence-corrected chi connectivity index (χ4v) is 3.08. The Labute approximate surface area is 165 Å². The highest BCUT2D eigenvalue weighted by Gasteiger charge is 2.20. The largest absolute Gasteiger partial charge is 0.338 e. The second-order valence-electron chi connectivity index (χ2n) is 6.19. The SMILES string of the molecule is CCNC(=O)Nc1cccc(-n2c([C@H](C)N)nc3c(F)ccc(Cl)c3c2=O)c1. The predicted octanol–water partition coefficient (Wildman–Crippen LogP) is 3.34. The zero-order valence-corrected chi connectivity index (χ0v) is 16.0. The van der Waals surface area contributed by atoms with Crippen molar-refractivity contribution in [1.82, 2.24) is 14.9 Å². The number of fused-ring (bicyclic) bond motifs is 1. The van der Waals surface area contributed by atoms with Gasteiger partial charge in [0, 0.05) is 12.2 Å². The lowest BCUT2D eigenvalue weighted by molar-refractivity contribution is 0.252. The Kier molecular flexibility index (Phi) is 5.62. The molecule has 0 aliphatic heterocycles. The van der Waals surface area contributed by atoms with Crippen LogP contribution in [0.1, 0.15) is 25.7 Å². The number of benzene rings is 2. The lowest BCUT2D eigenvalue weighted by Crippen LogP contribution is -2.29. The fraction of sp³-hybridized carbons (Fsp3) is 0.211. The van der Waals surface area contributed by atoms with Crippen LogP contribution in [0.3, 0.4) is 0 Å². The number of hydrogen-bond donors (Lipinski definition) is 3. The maximum atomic E-state index is 14.2. The molecule has 1 aromatic heterocycles. The van der Waals surface area contributed by atoms with E-state index >= 15 is 0 Å². The highest BCUT2D eigenvalue weighted by atomic mass is 35.5. The molecule has 0 bridgehead atoms. The molecule has 0 fully saturated rings. The minimum Gasteiger partial charge on any atom is -0.338 e. The molecular weight excluding hydrogens is 385 g/mol. The predicted molar refractivity (Wildman–Crippen MR) is 108 cm³/mol. The number of rotatable bonds is 4. The first-order chi connectivity index (χ1) is 13.3. The molecule has 2 aromatic carbocycles.